The first-order valence-corrected chi connectivity index (χ1v) is 11.0. The van der Waals surface area contributed by atoms with Crippen molar-refractivity contribution in [2.45, 2.75) is 37.1 Å². The highest BCUT2D eigenvalue weighted by atomic mass is 32.2. The number of amides is 3. The highest BCUT2D eigenvalue weighted by Gasteiger charge is 2.47. The van der Waals surface area contributed by atoms with Gasteiger partial charge in [-0.15, -0.1) is 6.42 Å². The number of sulfonamides is 1. The predicted octanol–water partition coefficient (Wildman–Crippen LogP) is 0.306. The van der Waals surface area contributed by atoms with Gasteiger partial charge in [0.25, 0.3) is 0 Å². The van der Waals surface area contributed by atoms with Gasteiger partial charge in [0.05, 0.1) is 6.20 Å². The maximum atomic E-state index is 13.2. The highest BCUT2D eigenvalue weighted by Crippen LogP contribution is 2.36. The second kappa shape index (κ2) is 7.04. The maximum Gasteiger partial charge on any atom is 0.502 e. The van der Waals surface area contributed by atoms with Crippen LogP contribution in [0.25, 0.3) is 0 Å². The van der Waals surface area contributed by atoms with Crippen LogP contribution >= 0.6 is 0 Å². The molecular weight excluding hydrogens is 406 g/mol. The Balaban J connectivity index is 1.72. The van der Waals surface area contributed by atoms with E-state index in [2.05, 4.69) is 15.7 Å². The number of allylic oxidation sites excluding steroid dienone is 1. The summed E-state index contributed by atoms with van der Waals surface area (Å²) in [7, 11) is -1.99. The lowest BCUT2D eigenvalue weighted by molar-refractivity contribution is -0.422. The number of imide groups is 1. The number of fused-ring (bicyclic) bond motifs is 1. The van der Waals surface area contributed by atoms with Crippen LogP contribution in [-0.4, -0.2) is 62.7 Å². The van der Waals surface area contributed by atoms with Crippen LogP contribution < -0.4 is 4.72 Å². The zero-order chi connectivity index (χ0) is 21.7. The van der Waals surface area contributed by atoms with Crippen LogP contribution in [0, 0.1) is 12.3 Å². The number of hydrogen-bond donors (Lipinski definition) is 1. The van der Waals surface area contributed by atoms with E-state index in [9.17, 15) is 18.0 Å². The van der Waals surface area contributed by atoms with E-state index in [0.29, 0.717) is 11.3 Å². The lowest BCUT2D eigenvalue weighted by atomic mass is 9.99. The van der Waals surface area contributed by atoms with Crippen molar-refractivity contribution in [2.24, 2.45) is 7.05 Å². The minimum absolute atomic E-state index is 0.00858. The molecule has 0 aromatic carbocycles. The zero-order valence-electron chi connectivity index (χ0n) is 16.7. The largest absolute Gasteiger partial charge is 0.502 e. The number of carbonyl (C=O) groups is 2. The number of rotatable bonds is 6. The molecule has 10 heteroatoms. The molecule has 2 heterocycles. The van der Waals surface area contributed by atoms with Crippen molar-refractivity contribution in [1.29, 1.82) is 0 Å². The highest BCUT2D eigenvalue weighted by molar-refractivity contribution is 7.90. The van der Waals surface area contributed by atoms with Gasteiger partial charge in [-0.05, 0) is 31.9 Å². The molecule has 0 radical (unpaired) electrons. The summed E-state index contributed by atoms with van der Waals surface area (Å²) in [5, 5.41) is 3.04. The van der Waals surface area contributed by atoms with Gasteiger partial charge in [-0.3, -0.25) is 4.68 Å². The second-order valence-electron chi connectivity index (χ2n) is 7.98. The lowest BCUT2D eigenvalue weighted by Crippen LogP contribution is -2.52. The molecule has 1 aromatic heterocycles. The number of nitrogens with one attached hydrogen (secondary N) is 1. The summed E-state index contributed by atoms with van der Waals surface area (Å²) < 4.78 is 31.2. The van der Waals surface area contributed by atoms with Crippen molar-refractivity contribution in [2.75, 3.05) is 6.54 Å². The SMILES string of the molecule is C#CC[N+]1=C2C=CC(S(=O)(=O)NC3(C)CC3)C=C2C(=O)N(Cc2cnn(C)c2)C1=O. The van der Waals surface area contributed by atoms with E-state index >= 15 is 0 Å². The van der Waals surface area contributed by atoms with E-state index in [4.69, 9.17) is 6.42 Å². The molecule has 3 aliphatic rings. The molecule has 9 nitrogen and oxygen atoms in total. The van der Waals surface area contributed by atoms with Crippen LogP contribution in [0.5, 0.6) is 0 Å². The monoisotopic (exact) mass is 428 g/mol. The van der Waals surface area contributed by atoms with Crippen molar-refractivity contribution in [1.82, 2.24) is 19.4 Å². The molecule has 1 atom stereocenters. The van der Waals surface area contributed by atoms with Crippen LogP contribution in [0.15, 0.2) is 36.2 Å². The molecule has 0 bridgehead atoms. The third-order valence-electron chi connectivity index (χ3n) is 5.37. The first kappa shape index (κ1) is 20.3. The number of nitrogens with zero attached hydrogens (tertiary/aromatic N) is 4. The predicted molar refractivity (Wildman–Crippen MR) is 109 cm³/mol. The molecule has 0 saturated heterocycles. The Kier molecular flexibility index (Phi) is 4.75. The van der Waals surface area contributed by atoms with Crippen molar-refractivity contribution in [3.63, 3.8) is 0 Å². The van der Waals surface area contributed by atoms with E-state index < -0.39 is 32.8 Å². The Labute approximate surface area is 174 Å². The van der Waals surface area contributed by atoms with Crippen molar-refractivity contribution in [3.8, 4) is 12.3 Å². The summed E-state index contributed by atoms with van der Waals surface area (Å²) in [4.78, 5) is 27.2. The second-order valence-corrected chi connectivity index (χ2v) is 9.82. The topological polar surface area (TPSA) is 104 Å². The molecule has 2 aliphatic carbocycles. The average molecular weight is 428 g/mol. The Morgan fingerprint density at radius 1 is 1.40 bits per heavy atom. The Morgan fingerprint density at radius 2 is 2.13 bits per heavy atom. The first-order chi connectivity index (χ1) is 14.1. The summed E-state index contributed by atoms with van der Waals surface area (Å²) in [5.74, 6) is 1.86. The van der Waals surface area contributed by atoms with Gasteiger partial charge in [-0.25, -0.2) is 17.9 Å². The van der Waals surface area contributed by atoms with Crippen LogP contribution in [0.2, 0.25) is 0 Å². The summed E-state index contributed by atoms with van der Waals surface area (Å²) in [6.45, 7) is 1.81. The van der Waals surface area contributed by atoms with E-state index in [1.54, 1.807) is 24.1 Å². The number of aryl methyl sites for hydroxylation is 1. The van der Waals surface area contributed by atoms with Crippen LogP contribution in [0.1, 0.15) is 25.3 Å². The number of urea groups is 1. The molecule has 0 spiro atoms. The molecule has 1 aliphatic heterocycles. The molecular formula is C20H22N5O4S+. The van der Waals surface area contributed by atoms with Crippen LogP contribution in [0.3, 0.4) is 0 Å². The normalized spacial score (nSPS) is 22.6. The minimum Gasteiger partial charge on any atom is -0.275 e. The summed E-state index contributed by atoms with van der Waals surface area (Å²) >= 11 is 0. The molecule has 1 fully saturated rings. The fourth-order valence-corrected chi connectivity index (χ4v) is 5.12. The quantitative estimate of drug-likeness (QED) is 0.519. The van der Waals surface area contributed by atoms with Gasteiger partial charge in [-0.1, -0.05) is 12.0 Å². The smallest absolute Gasteiger partial charge is 0.275 e. The van der Waals surface area contributed by atoms with Crippen molar-refractivity contribution < 1.29 is 22.6 Å². The third-order valence-corrected chi connectivity index (χ3v) is 7.16. The van der Waals surface area contributed by atoms with E-state index in [1.165, 1.54) is 22.8 Å². The fraction of sp³-hybridized carbons (Fsp3) is 0.400. The number of carbonyl (C=O) groups excluding carboxylic acids is 2. The molecule has 1 N–H and O–H groups in total. The van der Waals surface area contributed by atoms with Gasteiger partial charge in [0.2, 0.25) is 10.0 Å². The van der Waals surface area contributed by atoms with Crippen molar-refractivity contribution >= 4 is 27.7 Å². The molecule has 3 amide bonds. The Hall–Kier alpha value is -3.03. The number of terminal acetylenes is 1. The van der Waals surface area contributed by atoms with Gasteiger partial charge in [-0.2, -0.15) is 19.4 Å². The molecule has 4 rings (SSSR count). The molecule has 156 valence electrons. The molecule has 1 saturated carbocycles. The Morgan fingerprint density at radius 3 is 2.73 bits per heavy atom. The van der Waals surface area contributed by atoms with Gasteiger partial charge < -0.3 is 0 Å². The standard InChI is InChI=1S/C20H22N5O4S/c1-4-9-24-17-6-5-15(30(28,29)22-20(2)7-8-20)10-16(17)18(26)25(19(24)27)13-14-11-21-23(3)12-14/h1,5-6,10-12,15,22H,7-9,13H2,2-3H3/q+1. The van der Waals surface area contributed by atoms with Crippen molar-refractivity contribution in [3.05, 3.63) is 41.8 Å². The lowest BCUT2D eigenvalue weighted by Gasteiger charge is -2.25. The number of hydrogen-bond acceptors (Lipinski definition) is 5. The maximum absolute atomic E-state index is 13.2. The van der Waals surface area contributed by atoms with E-state index in [-0.39, 0.29) is 18.7 Å². The summed E-state index contributed by atoms with van der Waals surface area (Å²) in [5.41, 5.74) is 0.702. The van der Waals surface area contributed by atoms with Gasteiger partial charge in [0.15, 0.2) is 6.54 Å². The summed E-state index contributed by atoms with van der Waals surface area (Å²) in [6.07, 6.45) is 14.6. The third kappa shape index (κ3) is 3.62. The minimum atomic E-state index is -3.72. The van der Waals surface area contributed by atoms with E-state index in [0.717, 1.165) is 17.7 Å². The van der Waals surface area contributed by atoms with Gasteiger partial charge >= 0.3 is 11.9 Å². The fourth-order valence-electron chi connectivity index (χ4n) is 3.49. The van der Waals surface area contributed by atoms with Gasteiger partial charge in [0, 0.05) is 24.3 Å². The zero-order valence-corrected chi connectivity index (χ0v) is 17.5. The van der Waals surface area contributed by atoms with Crippen LogP contribution in [-0.2, 0) is 28.4 Å². The first-order valence-electron chi connectivity index (χ1n) is 9.48. The van der Waals surface area contributed by atoms with E-state index in [1.807, 2.05) is 6.92 Å². The Bertz CT molecular complexity index is 1180. The molecule has 30 heavy (non-hydrogen) atoms. The van der Waals surface area contributed by atoms with Gasteiger partial charge in [0.1, 0.15) is 23.1 Å². The molecule has 1 aromatic rings. The van der Waals surface area contributed by atoms with Crippen LogP contribution in [0.4, 0.5) is 4.79 Å². The average Bonchev–Trinajstić information content (AvgIpc) is 3.26. The molecule has 1 unspecified atom stereocenters. The number of aromatic nitrogens is 2. The summed E-state index contributed by atoms with van der Waals surface area (Å²) in [6, 6.07) is -0.552.